The quantitative estimate of drug-likeness (QED) is 0.110. The van der Waals surface area contributed by atoms with E-state index in [-0.39, 0.29) is 5.92 Å². The number of fused-ring (bicyclic) bond motifs is 4. The van der Waals surface area contributed by atoms with Crippen LogP contribution in [0.2, 0.25) is 0 Å². The maximum atomic E-state index is 2.49. The van der Waals surface area contributed by atoms with Gasteiger partial charge in [0.2, 0.25) is 0 Å². The van der Waals surface area contributed by atoms with Crippen molar-refractivity contribution < 1.29 is 0 Å². The molecular weight excluding hydrogens is 723 g/mol. The van der Waals surface area contributed by atoms with Crippen LogP contribution in [0.4, 0.5) is 17.1 Å². The molecule has 11 aromatic carbocycles. The molecule has 0 N–H and O–H groups in total. The summed E-state index contributed by atoms with van der Waals surface area (Å²) in [6.07, 6.45) is 0. The molecule has 0 unspecified atom stereocenters. The monoisotopic (exact) mass is 763 g/mol. The third kappa shape index (κ3) is 6.38. The van der Waals surface area contributed by atoms with Crippen LogP contribution in [0.25, 0.3) is 65.3 Å². The first kappa shape index (κ1) is 35.4. The maximum Gasteiger partial charge on any atom is 0.0468 e. The Morgan fingerprint density at radius 3 is 1.17 bits per heavy atom. The lowest BCUT2D eigenvalue weighted by Crippen LogP contribution is -2.09. The Morgan fingerprint density at radius 2 is 0.667 bits per heavy atom. The molecule has 0 fully saturated rings. The van der Waals surface area contributed by atoms with Gasteiger partial charge in [0.05, 0.1) is 0 Å². The van der Waals surface area contributed by atoms with Crippen LogP contribution in [0.15, 0.2) is 243 Å². The van der Waals surface area contributed by atoms with Gasteiger partial charge in [-0.2, -0.15) is 0 Å². The Hall–Kier alpha value is -7.74. The summed E-state index contributed by atoms with van der Waals surface area (Å²) in [5.74, 6) is 0.0637. The van der Waals surface area contributed by atoms with Crippen LogP contribution in [0, 0.1) is 0 Å². The van der Waals surface area contributed by atoms with Gasteiger partial charge in [-0.1, -0.05) is 188 Å². The summed E-state index contributed by atoms with van der Waals surface area (Å²) in [4.78, 5) is 2.37. The summed E-state index contributed by atoms with van der Waals surface area (Å²) in [7, 11) is 0. The minimum Gasteiger partial charge on any atom is -0.310 e. The second-order valence-electron chi connectivity index (χ2n) is 15.7. The number of nitrogens with zero attached hydrogens (tertiary/aromatic N) is 1. The molecule has 11 aromatic rings. The first-order valence-electron chi connectivity index (χ1n) is 20.8. The highest BCUT2D eigenvalue weighted by Crippen LogP contribution is 2.48. The van der Waals surface area contributed by atoms with Crippen LogP contribution in [0.3, 0.4) is 0 Å². The van der Waals surface area contributed by atoms with Gasteiger partial charge in [-0.15, -0.1) is 0 Å². The molecule has 0 aliphatic carbocycles. The smallest absolute Gasteiger partial charge is 0.0468 e. The SMILES string of the molecule is c1ccc(C(c2ccccc2)c2ccc3c(-c4ccc5ccccc5c4)c4cc(N(c5ccccc5)c5ccccc5)ccc4c(-c4ccc5ccccc5c4)c3c2)cc1. The zero-order valence-electron chi connectivity index (χ0n) is 33.1. The van der Waals surface area contributed by atoms with Crippen molar-refractivity contribution in [2.45, 2.75) is 5.92 Å². The third-order valence-corrected chi connectivity index (χ3v) is 12.1. The van der Waals surface area contributed by atoms with Gasteiger partial charge < -0.3 is 4.90 Å². The summed E-state index contributed by atoms with van der Waals surface area (Å²) in [5.41, 5.74) is 12.0. The Labute approximate surface area is 351 Å². The molecule has 0 amide bonds. The summed E-state index contributed by atoms with van der Waals surface area (Å²) in [6, 6.07) is 89.0. The molecule has 1 heteroatoms. The molecule has 60 heavy (non-hydrogen) atoms. The first-order valence-corrected chi connectivity index (χ1v) is 20.8. The molecule has 11 rings (SSSR count). The molecule has 0 saturated heterocycles. The van der Waals surface area contributed by atoms with Gasteiger partial charge in [0, 0.05) is 23.0 Å². The third-order valence-electron chi connectivity index (χ3n) is 12.1. The number of hydrogen-bond acceptors (Lipinski definition) is 1. The van der Waals surface area contributed by atoms with Gasteiger partial charge in [0.1, 0.15) is 0 Å². The van der Waals surface area contributed by atoms with Crippen LogP contribution >= 0.6 is 0 Å². The Bertz CT molecular complexity index is 3000. The van der Waals surface area contributed by atoms with Crippen molar-refractivity contribution in [3.63, 3.8) is 0 Å². The normalized spacial score (nSPS) is 11.5. The van der Waals surface area contributed by atoms with Gasteiger partial charge >= 0.3 is 0 Å². The topological polar surface area (TPSA) is 3.24 Å². The fourth-order valence-corrected chi connectivity index (χ4v) is 9.33. The second-order valence-corrected chi connectivity index (χ2v) is 15.7. The van der Waals surface area contributed by atoms with E-state index < -0.39 is 0 Å². The number of anilines is 3. The Kier molecular flexibility index (Phi) is 8.98. The van der Waals surface area contributed by atoms with Crippen molar-refractivity contribution >= 4 is 60.2 Å². The first-order chi connectivity index (χ1) is 29.8. The summed E-state index contributed by atoms with van der Waals surface area (Å²) >= 11 is 0. The van der Waals surface area contributed by atoms with Crippen molar-refractivity contribution in [2.24, 2.45) is 0 Å². The van der Waals surface area contributed by atoms with Crippen molar-refractivity contribution in [3.8, 4) is 22.3 Å². The highest BCUT2D eigenvalue weighted by Gasteiger charge is 2.23. The lowest BCUT2D eigenvalue weighted by molar-refractivity contribution is 0.980. The number of para-hydroxylation sites is 2. The van der Waals surface area contributed by atoms with Crippen LogP contribution in [0.1, 0.15) is 22.6 Å². The van der Waals surface area contributed by atoms with Gasteiger partial charge in [-0.05, 0) is 137 Å². The summed E-state index contributed by atoms with van der Waals surface area (Å²) in [5, 5.41) is 9.83. The van der Waals surface area contributed by atoms with Crippen molar-refractivity contribution in [1.82, 2.24) is 0 Å². The molecule has 0 aliphatic heterocycles. The van der Waals surface area contributed by atoms with Crippen LogP contribution in [-0.2, 0) is 0 Å². The van der Waals surface area contributed by atoms with Crippen LogP contribution < -0.4 is 4.90 Å². The number of rotatable bonds is 8. The maximum absolute atomic E-state index is 2.49. The average Bonchev–Trinajstić information content (AvgIpc) is 3.32. The van der Waals surface area contributed by atoms with E-state index in [9.17, 15) is 0 Å². The minimum absolute atomic E-state index is 0.0637. The second kappa shape index (κ2) is 15.2. The largest absolute Gasteiger partial charge is 0.310 e. The van der Waals surface area contributed by atoms with E-state index in [4.69, 9.17) is 0 Å². The van der Waals surface area contributed by atoms with E-state index in [0.29, 0.717) is 0 Å². The van der Waals surface area contributed by atoms with E-state index in [2.05, 4.69) is 248 Å². The average molecular weight is 764 g/mol. The van der Waals surface area contributed by atoms with Gasteiger partial charge in [-0.3, -0.25) is 0 Å². The van der Waals surface area contributed by atoms with E-state index >= 15 is 0 Å². The Balaban J connectivity index is 1.27. The molecule has 0 aromatic heterocycles. The van der Waals surface area contributed by atoms with Gasteiger partial charge in [0.15, 0.2) is 0 Å². The zero-order chi connectivity index (χ0) is 39.8. The molecule has 0 spiro atoms. The predicted molar refractivity (Wildman–Crippen MR) is 256 cm³/mol. The molecule has 1 nitrogen and oxygen atoms in total. The van der Waals surface area contributed by atoms with E-state index in [1.165, 1.54) is 82.0 Å². The minimum atomic E-state index is 0.0637. The van der Waals surface area contributed by atoms with Gasteiger partial charge in [0.25, 0.3) is 0 Å². The highest BCUT2D eigenvalue weighted by atomic mass is 15.1. The number of benzene rings is 11. The molecule has 0 saturated carbocycles. The molecule has 0 radical (unpaired) electrons. The molecule has 0 heterocycles. The van der Waals surface area contributed by atoms with Crippen LogP contribution in [0.5, 0.6) is 0 Å². The lowest BCUT2D eigenvalue weighted by Gasteiger charge is -2.27. The summed E-state index contributed by atoms with van der Waals surface area (Å²) in [6.45, 7) is 0. The standard InChI is InChI=1S/C59H41N/c1-5-19-43(20-6-1)57(44-21-7-2-8-22-44)49-33-35-53-55(39-49)58(47-31-29-41-17-13-15-23-45(41)37-47)54-36-34-52(60(50-25-9-3-10-26-50)51-27-11-4-12-28-51)40-56(54)59(53)48-32-30-42-18-14-16-24-46(42)38-48/h1-40,57H. The molecule has 0 atom stereocenters. The van der Waals surface area contributed by atoms with E-state index in [1.807, 2.05) is 0 Å². The molecule has 282 valence electrons. The molecule has 0 bridgehead atoms. The molecular formula is C59H41N. The fourth-order valence-electron chi connectivity index (χ4n) is 9.33. The van der Waals surface area contributed by atoms with Crippen molar-refractivity contribution in [2.75, 3.05) is 4.90 Å². The highest BCUT2D eigenvalue weighted by molar-refractivity contribution is 6.23. The molecule has 0 aliphatic rings. The van der Waals surface area contributed by atoms with Crippen LogP contribution in [-0.4, -0.2) is 0 Å². The van der Waals surface area contributed by atoms with E-state index in [0.717, 1.165) is 17.1 Å². The Morgan fingerprint density at radius 1 is 0.250 bits per heavy atom. The predicted octanol–water partition coefficient (Wildman–Crippen LogP) is 16.3. The fraction of sp³-hybridized carbons (Fsp3) is 0.0169. The van der Waals surface area contributed by atoms with Crippen molar-refractivity contribution in [3.05, 3.63) is 259 Å². The van der Waals surface area contributed by atoms with E-state index in [1.54, 1.807) is 0 Å². The number of hydrogen-bond donors (Lipinski definition) is 0. The van der Waals surface area contributed by atoms with Crippen molar-refractivity contribution in [1.29, 1.82) is 0 Å². The lowest BCUT2D eigenvalue weighted by atomic mass is 9.81. The zero-order valence-corrected chi connectivity index (χ0v) is 33.1. The summed E-state index contributed by atoms with van der Waals surface area (Å²) < 4.78 is 0. The van der Waals surface area contributed by atoms with Gasteiger partial charge in [-0.25, -0.2) is 0 Å².